The van der Waals surface area contributed by atoms with Crippen LogP contribution >= 0.6 is 0 Å². The van der Waals surface area contributed by atoms with Crippen molar-refractivity contribution < 1.29 is 14.3 Å². The first-order valence-corrected chi connectivity index (χ1v) is 11.3. The highest BCUT2D eigenvalue weighted by atomic mass is 16.6. The Labute approximate surface area is 172 Å². The van der Waals surface area contributed by atoms with E-state index in [1.54, 1.807) is 4.90 Å². The van der Waals surface area contributed by atoms with Crippen molar-refractivity contribution in [1.29, 1.82) is 5.26 Å². The number of ether oxygens (including phenoxy) is 1. The minimum atomic E-state index is -0.624. The van der Waals surface area contributed by atoms with Gasteiger partial charge in [0.1, 0.15) is 17.7 Å². The minimum absolute atomic E-state index is 0.0600. The van der Waals surface area contributed by atoms with Gasteiger partial charge in [0.15, 0.2) is 0 Å². The second-order valence-corrected chi connectivity index (χ2v) is 10.6. The van der Waals surface area contributed by atoms with Gasteiger partial charge in [0.25, 0.3) is 0 Å². The average molecular weight is 401 g/mol. The number of carbonyl (C=O) groups is 2. The molecule has 6 aliphatic rings. The number of nitrogens with two attached hydrogens (primary N) is 2. The monoisotopic (exact) mass is 400 g/mol. The average Bonchev–Trinajstić information content (AvgIpc) is 3.34. The summed E-state index contributed by atoms with van der Waals surface area (Å²) >= 11 is 0. The molecule has 7 nitrogen and oxygen atoms in total. The lowest BCUT2D eigenvalue weighted by molar-refractivity contribution is -0.207. The SMILES string of the molecule is CCC(N)C(=O)OC12CC3C[C@H](C1)CC([C@H](N)C(=O)N1C4CC4C[C@H]1C#N)(C3)C2. The zero-order valence-electron chi connectivity index (χ0n) is 17.2. The largest absolute Gasteiger partial charge is 0.458 e. The lowest BCUT2D eigenvalue weighted by Crippen LogP contribution is -2.66. The molecule has 158 valence electrons. The molecule has 0 radical (unpaired) electrons. The van der Waals surface area contributed by atoms with Gasteiger partial charge in [-0.25, -0.2) is 0 Å². The summed E-state index contributed by atoms with van der Waals surface area (Å²) in [6, 6.07) is 0.961. The van der Waals surface area contributed by atoms with E-state index >= 15 is 0 Å². The molecule has 7 heteroatoms. The van der Waals surface area contributed by atoms with Crippen molar-refractivity contribution in [3.63, 3.8) is 0 Å². The first kappa shape index (κ1) is 19.3. The number of hydrogen-bond donors (Lipinski definition) is 2. The summed E-state index contributed by atoms with van der Waals surface area (Å²) in [7, 11) is 0. The summed E-state index contributed by atoms with van der Waals surface area (Å²) in [5, 5.41) is 9.50. The molecular formula is C22H32N4O3. The summed E-state index contributed by atoms with van der Waals surface area (Å²) in [4.78, 5) is 27.8. The van der Waals surface area contributed by atoms with Crippen molar-refractivity contribution in [2.45, 2.75) is 94.5 Å². The Bertz CT molecular complexity index is 763. The molecule has 1 amide bonds. The molecule has 6 fully saturated rings. The van der Waals surface area contributed by atoms with Crippen LogP contribution in [0.25, 0.3) is 0 Å². The second-order valence-electron chi connectivity index (χ2n) is 10.6. The number of fused-ring (bicyclic) bond motifs is 1. The van der Waals surface area contributed by atoms with Gasteiger partial charge in [-0.2, -0.15) is 5.26 Å². The van der Waals surface area contributed by atoms with Crippen molar-refractivity contribution in [2.75, 3.05) is 0 Å². The summed E-state index contributed by atoms with van der Waals surface area (Å²) in [6.45, 7) is 1.88. The van der Waals surface area contributed by atoms with Crippen LogP contribution in [0.3, 0.4) is 0 Å². The number of piperidine rings is 1. The van der Waals surface area contributed by atoms with Crippen LogP contribution in [0.4, 0.5) is 0 Å². The van der Waals surface area contributed by atoms with E-state index in [1.807, 2.05) is 6.92 Å². The fourth-order valence-corrected chi connectivity index (χ4v) is 7.50. The van der Waals surface area contributed by atoms with Crippen LogP contribution in [-0.2, 0) is 14.3 Å². The van der Waals surface area contributed by atoms with Crippen LogP contribution in [-0.4, -0.2) is 46.5 Å². The third-order valence-electron chi connectivity index (χ3n) is 8.55. The summed E-state index contributed by atoms with van der Waals surface area (Å²) < 4.78 is 6.06. The molecule has 29 heavy (non-hydrogen) atoms. The Morgan fingerprint density at radius 1 is 1.17 bits per heavy atom. The number of nitriles is 1. The van der Waals surface area contributed by atoms with E-state index in [2.05, 4.69) is 6.07 Å². The lowest BCUT2D eigenvalue weighted by Gasteiger charge is -2.62. The second kappa shape index (κ2) is 6.42. The zero-order valence-corrected chi connectivity index (χ0v) is 17.2. The van der Waals surface area contributed by atoms with E-state index in [0.29, 0.717) is 30.6 Å². The van der Waals surface area contributed by atoms with Gasteiger partial charge in [-0.1, -0.05) is 6.92 Å². The van der Waals surface area contributed by atoms with Gasteiger partial charge in [-0.15, -0.1) is 0 Å². The van der Waals surface area contributed by atoms with Gasteiger partial charge in [0.2, 0.25) is 5.91 Å². The standard InChI is InChI=1S/C22H32N4O3/c1-2-16(24)20(28)29-22-8-12-3-13(9-22)7-21(6-12,11-22)18(25)19(27)26-15(10-23)4-14-5-17(14)26/h12-18H,2-9,11,24-25H2,1H3/t12-,13?,14?,15-,16?,17?,18+,21?,22?/m0/s1. The van der Waals surface area contributed by atoms with Gasteiger partial charge in [0.05, 0.1) is 12.1 Å². The van der Waals surface area contributed by atoms with Gasteiger partial charge in [-0.05, 0) is 81.0 Å². The predicted molar refractivity (Wildman–Crippen MR) is 105 cm³/mol. The molecule has 4 bridgehead atoms. The topological polar surface area (TPSA) is 122 Å². The summed E-state index contributed by atoms with van der Waals surface area (Å²) in [5.41, 5.74) is 11.8. The van der Waals surface area contributed by atoms with Crippen LogP contribution in [0, 0.1) is 34.5 Å². The maximum atomic E-state index is 13.5. The van der Waals surface area contributed by atoms with Crippen molar-refractivity contribution in [2.24, 2.45) is 34.6 Å². The number of hydrogen-bond acceptors (Lipinski definition) is 6. The number of nitrogens with zero attached hydrogens (tertiary/aromatic N) is 2. The summed E-state index contributed by atoms with van der Waals surface area (Å²) in [6.07, 6.45) is 7.71. The molecule has 4 N–H and O–H groups in total. The van der Waals surface area contributed by atoms with Crippen LogP contribution in [0.1, 0.15) is 64.7 Å². The predicted octanol–water partition coefficient (Wildman–Crippen LogP) is 1.45. The van der Waals surface area contributed by atoms with Gasteiger partial charge in [0, 0.05) is 6.04 Å². The maximum absolute atomic E-state index is 13.5. The molecule has 0 aromatic carbocycles. The Morgan fingerprint density at radius 2 is 1.86 bits per heavy atom. The summed E-state index contributed by atoms with van der Waals surface area (Å²) in [5.74, 6) is 0.985. The van der Waals surface area contributed by atoms with Crippen molar-refractivity contribution >= 4 is 11.9 Å². The molecule has 6 unspecified atom stereocenters. The molecule has 0 aromatic heterocycles. The Morgan fingerprint density at radius 3 is 2.48 bits per heavy atom. The highest BCUT2D eigenvalue weighted by Crippen LogP contribution is 2.64. The first-order valence-electron chi connectivity index (χ1n) is 11.3. The van der Waals surface area contributed by atoms with Gasteiger partial charge in [-0.3, -0.25) is 9.59 Å². The molecule has 9 atom stereocenters. The van der Waals surface area contributed by atoms with Crippen molar-refractivity contribution in [3.05, 3.63) is 0 Å². The number of esters is 1. The molecule has 6 rings (SSSR count). The Hall–Kier alpha value is -1.65. The van der Waals surface area contributed by atoms with Crippen LogP contribution < -0.4 is 11.5 Å². The fraction of sp³-hybridized carbons (Fsp3) is 0.864. The number of rotatable bonds is 5. The number of carbonyl (C=O) groups excluding carboxylic acids is 2. The first-order chi connectivity index (χ1) is 13.8. The van der Waals surface area contributed by atoms with Crippen LogP contribution in [0.15, 0.2) is 0 Å². The van der Waals surface area contributed by atoms with Gasteiger partial charge >= 0.3 is 5.97 Å². The molecule has 1 aliphatic heterocycles. The van der Waals surface area contributed by atoms with E-state index in [0.717, 1.165) is 44.9 Å². The van der Waals surface area contributed by atoms with E-state index < -0.39 is 17.7 Å². The fourth-order valence-electron chi connectivity index (χ4n) is 7.50. The maximum Gasteiger partial charge on any atom is 0.323 e. The smallest absolute Gasteiger partial charge is 0.323 e. The number of amides is 1. The minimum Gasteiger partial charge on any atom is -0.458 e. The van der Waals surface area contributed by atoms with E-state index in [1.165, 1.54) is 0 Å². The van der Waals surface area contributed by atoms with Crippen LogP contribution in [0.5, 0.6) is 0 Å². The highest BCUT2D eigenvalue weighted by molar-refractivity contribution is 5.84. The van der Waals surface area contributed by atoms with E-state index in [4.69, 9.17) is 16.2 Å². The third-order valence-corrected chi connectivity index (χ3v) is 8.55. The molecule has 5 saturated carbocycles. The number of likely N-dealkylation sites (tertiary alicyclic amines) is 1. The van der Waals surface area contributed by atoms with Crippen molar-refractivity contribution in [3.8, 4) is 6.07 Å². The highest BCUT2D eigenvalue weighted by Gasteiger charge is 2.64. The van der Waals surface area contributed by atoms with E-state index in [-0.39, 0.29) is 29.4 Å². The Balaban J connectivity index is 1.39. The lowest BCUT2D eigenvalue weighted by atomic mass is 9.46. The third kappa shape index (κ3) is 2.90. The quantitative estimate of drug-likeness (QED) is 0.674. The van der Waals surface area contributed by atoms with Gasteiger partial charge < -0.3 is 21.1 Å². The molecule has 0 spiro atoms. The normalized spacial score (nSPS) is 46.0. The molecule has 5 aliphatic carbocycles. The molecular weight excluding hydrogens is 368 g/mol. The van der Waals surface area contributed by atoms with Crippen molar-refractivity contribution in [1.82, 2.24) is 4.90 Å². The molecule has 0 aromatic rings. The van der Waals surface area contributed by atoms with E-state index in [9.17, 15) is 14.9 Å². The Kier molecular flexibility index (Phi) is 4.28. The van der Waals surface area contributed by atoms with Crippen LogP contribution in [0.2, 0.25) is 0 Å². The molecule has 1 heterocycles. The molecule has 1 saturated heterocycles. The zero-order chi connectivity index (χ0) is 20.6.